The fraction of sp³-hybridized carbons (Fsp3) is 0.909. The van der Waals surface area contributed by atoms with E-state index in [0.29, 0.717) is 6.04 Å². The number of likely N-dealkylation sites (N-methyl/N-ethyl adjacent to an activating group) is 1. The summed E-state index contributed by atoms with van der Waals surface area (Å²) in [6.45, 7) is 4.73. The molecule has 3 nitrogen and oxygen atoms in total. The Morgan fingerprint density at radius 1 is 1.57 bits per heavy atom. The molecule has 0 spiro atoms. The van der Waals surface area contributed by atoms with E-state index in [9.17, 15) is 4.79 Å². The summed E-state index contributed by atoms with van der Waals surface area (Å²) in [6, 6.07) is 0.416. The predicted octanol–water partition coefficient (Wildman–Crippen LogP) is 1.32. The van der Waals surface area contributed by atoms with Crippen LogP contribution < -0.4 is 0 Å². The van der Waals surface area contributed by atoms with Crippen LogP contribution in [-0.4, -0.2) is 43.5 Å². The standard InChI is InChI=1S/C11H21NO2/c1-8(9(2)13)11(14-4)10-6-5-7-12(10)3/h8,10-11H,5-7H2,1-4H3. The van der Waals surface area contributed by atoms with E-state index in [1.165, 1.54) is 6.42 Å². The van der Waals surface area contributed by atoms with E-state index in [1.807, 2.05) is 6.92 Å². The van der Waals surface area contributed by atoms with Gasteiger partial charge in [-0.25, -0.2) is 0 Å². The maximum absolute atomic E-state index is 11.3. The lowest BCUT2D eigenvalue weighted by atomic mass is 9.93. The number of carbonyl (C=O) groups excluding carboxylic acids is 1. The molecule has 0 amide bonds. The van der Waals surface area contributed by atoms with Crippen LogP contribution in [0.3, 0.4) is 0 Å². The van der Waals surface area contributed by atoms with Crippen molar-refractivity contribution in [1.82, 2.24) is 4.90 Å². The lowest BCUT2D eigenvalue weighted by Gasteiger charge is -2.31. The van der Waals surface area contributed by atoms with Gasteiger partial charge >= 0.3 is 0 Å². The Hall–Kier alpha value is -0.410. The fourth-order valence-corrected chi connectivity index (χ4v) is 2.28. The van der Waals surface area contributed by atoms with Gasteiger partial charge in [0.15, 0.2) is 0 Å². The summed E-state index contributed by atoms with van der Waals surface area (Å²) in [7, 11) is 3.81. The molecule has 0 aromatic heterocycles. The van der Waals surface area contributed by atoms with E-state index in [-0.39, 0.29) is 17.8 Å². The third-order valence-electron chi connectivity index (χ3n) is 3.36. The predicted molar refractivity (Wildman–Crippen MR) is 56.3 cm³/mol. The van der Waals surface area contributed by atoms with Crippen LogP contribution in [0.25, 0.3) is 0 Å². The molecule has 1 saturated heterocycles. The van der Waals surface area contributed by atoms with E-state index >= 15 is 0 Å². The molecule has 3 unspecified atom stereocenters. The van der Waals surface area contributed by atoms with Crippen molar-refractivity contribution in [1.29, 1.82) is 0 Å². The van der Waals surface area contributed by atoms with Gasteiger partial charge in [-0.1, -0.05) is 6.92 Å². The fourth-order valence-electron chi connectivity index (χ4n) is 2.28. The summed E-state index contributed by atoms with van der Waals surface area (Å²) in [4.78, 5) is 13.6. The highest BCUT2D eigenvalue weighted by Gasteiger charge is 2.34. The SMILES string of the molecule is COC(C(C)C(C)=O)C1CCCN1C. The van der Waals surface area contributed by atoms with Gasteiger partial charge in [-0.05, 0) is 33.4 Å². The molecule has 0 saturated carbocycles. The number of hydrogen-bond donors (Lipinski definition) is 0. The number of methoxy groups -OCH3 is 1. The molecule has 0 N–H and O–H groups in total. The topological polar surface area (TPSA) is 29.5 Å². The number of nitrogens with zero attached hydrogens (tertiary/aromatic N) is 1. The van der Waals surface area contributed by atoms with Crippen LogP contribution in [0.2, 0.25) is 0 Å². The number of Topliss-reactive ketones (excluding diaryl/α,β-unsaturated/α-hetero) is 1. The molecule has 3 heteroatoms. The van der Waals surface area contributed by atoms with E-state index in [0.717, 1.165) is 13.0 Å². The quantitative estimate of drug-likeness (QED) is 0.684. The Labute approximate surface area is 86.4 Å². The molecule has 0 aromatic rings. The molecule has 1 rings (SSSR count). The van der Waals surface area contributed by atoms with E-state index in [2.05, 4.69) is 11.9 Å². The molecular weight excluding hydrogens is 178 g/mol. The van der Waals surface area contributed by atoms with Gasteiger partial charge in [-0.15, -0.1) is 0 Å². The maximum Gasteiger partial charge on any atom is 0.135 e. The Kier molecular flexibility index (Phi) is 4.08. The summed E-state index contributed by atoms with van der Waals surface area (Å²) in [5.41, 5.74) is 0. The number of rotatable bonds is 4. The summed E-state index contributed by atoms with van der Waals surface area (Å²) in [5.74, 6) is 0.225. The van der Waals surface area contributed by atoms with Crippen LogP contribution in [0.1, 0.15) is 26.7 Å². The van der Waals surface area contributed by atoms with Crippen LogP contribution in [0.5, 0.6) is 0 Å². The second-order valence-corrected chi connectivity index (χ2v) is 4.29. The molecule has 1 fully saturated rings. The normalized spacial score (nSPS) is 27.6. The molecule has 0 aromatic carbocycles. The molecule has 1 aliphatic rings. The third kappa shape index (κ3) is 2.34. The molecule has 0 bridgehead atoms. The van der Waals surface area contributed by atoms with Crippen molar-refractivity contribution in [3.63, 3.8) is 0 Å². The van der Waals surface area contributed by atoms with Gasteiger partial charge in [0.05, 0.1) is 6.10 Å². The van der Waals surface area contributed by atoms with Crippen LogP contribution in [-0.2, 0) is 9.53 Å². The van der Waals surface area contributed by atoms with Gasteiger partial charge in [0.25, 0.3) is 0 Å². The highest BCUT2D eigenvalue weighted by Crippen LogP contribution is 2.24. The van der Waals surface area contributed by atoms with Crippen LogP contribution in [0.4, 0.5) is 0 Å². The van der Waals surface area contributed by atoms with Crippen molar-refractivity contribution in [3.05, 3.63) is 0 Å². The largest absolute Gasteiger partial charge is 0.379 e. The second kappa shape index (κ2) is 4.89. The smallest absolute Gasteiger partial charge is 0.135 e. The first-order valence-corrected chi connectivity index (χ1v) is 5.31. The first kappa shape index (κ1) is 11.7. The van der Waals surface area contributed by atoms with Crippen molar-refractivity contribution in [2.24, 2.45) is 5.92 Å². The molecule has 82 valence electrons. The first-order valence-electron chi connectivity index (χ1n) is 5.31. The highest BCUT2D eigenvalue weighted by atomic mass is 16.5. The minimum Gasteiger partial charge on any atom is -0.379 e. The Bertz CT molecular complexity index is 205. The van der Waals surface area contributed by atoms with Gasteiger partial charge in [-0.3, -0.25) is 4.79 Å². The monoisotopic (exact) mass is 199 g/mol. The Balaban J connectivity index is 2.65. The summed E-state index contributed by atoms with van der Waals surface area (Å²) < 4.78 is 5.47. The van der Waals surface area contributed by atoms with Crippen molar-refractivity contribution in [2.75, 3.05) is 20.7 Å². The lowest BCUT2D eigenvalue weighted by Crippen LogP contribution is -2.43. The molecule has 1 heterocycles. The van der Waals surface area contributed by atoms with Crippen molar-refractivity contribution >= 4 is 5.78 Å². The van der Waals surface area contributed by atoms with Crippen LogP contribution in [0, 0.1) is 5.92 Å². The zero-order chi connectivity index (χ0) is 10.7. The summed E-state index contributed by atoms with van der Waals surface area (Å²) in [6.07, 6.45) is 2.41. The number of likely N-dealkylation sites (tertiary alicyclic amines) is 1. The van der Waals surface area contributed by atoms with Crippen LogP contribution in [0.15, 0.2) is 0 Å². The number of ketones is 1. The first-order chi connectivity index (χ1) is 6.57. The van der Waals surface area contributed by atoms with Crippen molar-refractivity contribution in [3.8, 4) is 0 Å². The average Bonchev–Trinajstić information content (AvgIpc) is 2.53. The molecule has 14 heavy (non-hydrogen) atoms. The van der Waals surface area contributed by atoms with Crippen LogP contribution >= 0.6 is 0 Å². The second-order valence-electron chi connectivity index (χ2n) is 4.29. The number of hydrogen-bond acceptors (Lipinski definition) is 3. The van der Waals surface area contributed by atoms with E-state index in [1.54, 1.807) is 14.0 Å². The number of ether oxygens (including phenoxy) is 1. The molecule has 1 aliphatic heterocycles. The molecule has 0 radical (unpaired) electrons. The van der Waals surface area contributed by atoms with Crippen molar-refractivity contribution in [2.45, 2.75) is 38.8 Å². The molecule has 3 atom stereocenters. The molecule has 0 aliphatic carbocycles. The van der Waals surface area contributed by atoms with Gasteiger partial charge < -0.3 is 9.64 Å². The zero-order valence-corrected chi connectivity index (χ0v) is 9.62. The third-order valence-corrected chi connectivity index (χ3v) is 3.36. The number of carbonyl (C=O) groups is 1. The van der Waals surface area contributed by atoms with Gasteiger partial charge in [0.2, 0.25) is 0 Å². The molecular formula is C11H21NO2. The van der Waals surface area contributed by atoms with E-state index < -0.39 is 0 Å². The maximum atomic E-state index is 11.3. The Morgan fingerprint density at radius 2 is 2.21 bits per heavy atom. The minimum absolute atomic E-state index is 0.00514. The van der Waals surface area contributed by atoms with Crippen molar-refractivity contribution < 1.29 is 9.53 Å². The summed E-state index contributed by atoms with van der Waals surface area (Å²) >= 11 is 0. The van der Waals surface area contributed by atoms with Gasteiger partial charge in [-0.2, -0.15) is 0 Å². The minimum atomic E-state index is 0.00514. The van der Waals surface area contributed by atoms with E-state index in [4.69, 9.17) is 4.74 Å². The average molecular weight is 199 g/mol. The zero-order valence-electron chi connectivity index (χ0n) is 9.62. The Morgan fingerprint density at radius 3 is 2.57 bits per heavy atom. The highest BCUT2D eigenvalue weighted by molar-refractivity contribution is 5.78. The van der Waals surface area contributed by atoms with Gasteiger partial charge in [0, 0.05) is 19.1 Å². The van der Waals surface area contributed by atoms with Gasteiger partial charge in [0.1, 0.15) is 5.78 Å². The summed E-state index contributed by atoms with van der Waals surface area (Å²) in [5, 5.41) is 0. The lowest BCUT2D eigenvalue weighted by molar-refractivity contribution is -0.126.